The Morgan fingerprint density at radius 3 is 2.68 bits per heavy atom. The van der Waals surface area contributed by atoms with Gasteiger partial charge in [-0.2, -0.15) is 0 Å². The zero-order valence-corrected chi connectivity index (χ0v) is 12.5. The maximum Gasteiger partial charge on any atom is 0.269 e. The molecule has 1 heterocycles. The third-order valence-corrected chi connectivity index (χ3v) is 3.99. The zero-order chi connectivity index (χ0) is 15.5. The van der Waals surface area contributed by atoms with E-state index in [9.17, 15) is 10.1 Å². The van der Waals surface area contributed by atoms with Gasteiger partial charge in [-0.3, -0.25) is 10.1 Å². The lowest BCUT2D eigenvalue weighted by atomic mass is 10.1. The van der Waals surface area contributed by atoms with Gasteiger partial charge in [-0.05, 0) is 24.1 Å². The van der Waals surface area contributed by atoms with Crippen molar-refractivity contribution in [1.29, 1.82) is 0 Å². The molecule has 5 nitrogen and oxygen atoms in total. The number of nitrogens with one attached hydrogen (secondary N) is 1. The standard InChI is InChI=1S/C17H19N3O2/c1-13-11-19(17-5-3-2-4-15(17)10-18-13)12-14-6-8-16(9-7-14)20(21)22/h2-9,13,18H,10-12H2,1H3. The number of non-ortho nitro benzene ring substituents is 1. The Hall–Kier alpha value is -2.40. The van der Waals surface area contributed by atoms with E-state index in [1.165, 1.54) is 11.3 Å². The van der Waals surface area contributed by atoms with Crippen LogP contribution in [0.5, 0.6) is 0 Å². The first-order valence-corrected chi connectivity index (χ1v) is 7.43. The Labute approximate surface area is 129 Å². The zero-order valence-electron chi connectivity index (χ0n) is 12.5. The maximum absolute atomic E-state index is 10.7. The predicted molar refractivity (Wildman–Crippen MR) is 86.9 cm³/mol. The Morgan fingerprint density at radius 2 is 1.95 bits per heavy atom. The summed E-state index contributed by atoms with van der Waals surface area (Å²) < 4.78 is 0. The smallest absolute Gasteiger partial charge is 0.269 e. The van der Waals surface area contributed by atoms with Gasteiger partial charge >= 0.3 is 0 Å². The van der Waals surface area contributed by atoms with Crippen molar-refractivity contribution in [2.75, 3.05) is 11.4 Å². The lowest BCUT2D eigenvalue weighted by Gasteiger charge is -2.26. The number of nitro benzene ring substituents is 1. The highest BCUT2D eigenvalue weighted by atomic mass is 16.6. The van der Waals surface area contributed by atoms with E-state index in [2.05, 4.69) is 41.4 Å². The molecule has 1 aliphatic rings. The third kappa shape index (κ3) is 3.09. The molecule has 114 valence electrons. The Bertz CT molecular complexity index is 670. The van der Waals surface area contributed by atoms with Gasteiger partial charge in [0, 0.05) is 43.5 Å². The number of fused-ring (bicyclic) bond motifs is 1. The second-order valence-corrected chi connectivity index (χ2v) is 5.71. The molecular formula is C17H19N3O2. The summed E-state index contributed by atoms with van der Waals surface area (Å²) in [6, 6.07) is 15.6. The van der Waals surface area contributed by atoms with Crippen molar-refractivity contribution in [2.24, 2.45) is 0 Å². The van der Waals surface area contributed by atoms with Crippen LogP contribution in [0, 0.1) is 10.1 Å². The molecule has 0 aromatic heterocycles. The van der Waals surface area contributed by atoms with Crippen molar-refractivity contribution < 1.29 is 4.92 Å². The molecule has 22 heavy (non-hydrogen) atoms. The fourth-order valence-corrected chi connectivity index (χ4v) is 2.84. The molecule has 0 saturated heterocycles. The van der Waals surface area contributed by atoms with E-state index in [1.807, 2.05) is 12.1 Å². The quantitative estimate of drug-likeness (QED) is 0.698. The van der Waals surface area contributed by atoms with Crippen LogP contribution in [0.25, 0.3) is 0 Å². The molecular weight excluding hydrogens is 278 g/mol. The SMILES string of the molecule is CC1CN(Cc2ccc([N+](=O)[O-])cc2)c2ccccc2CN1. The largest absolute Gasteiger partial charge is 0.365 e. The minimum Gasteiger partial charge on any atom is -0.365 e. The van der Waals surface area contributed by atoms with Crippen molar-refractivity contribution in [3.63, 3.8) is 0 Å². The second-order valence-electron chi connectivity index (χ2n) is 5.71. The van der Waals surface area contributed by atoms with Crippen LogP contribution >= 0.6 is 0 Å². The molecule has 2 aromatic rings. The minimum absolute atomic E-state index is 0.134. The van der Waals surface area contributed by atoms with Gasteiger partial charge in [0.15, 0.2) is 0 Å². The first kappa shape index (κ1) is 14.5. The van der Waals surface area contributed by atoms with E-state index in [4.69, 9.17) is 0 Å². The lowest BCUT2D eigenvalue weighted by Crippen LogP contribution is -2.35. The van der Waals surface area contributed by atoms with E-state index >= 15 is 0 Å². The molecule has 0 aliphatic carbocycles. The molecule has 3 rings (SSSR count). The molecule has 0 bridgehead atoms. The molecule has 1 aliphatic heterocycles. The van der Waals surface area contributed by atoms with E-state index in [-0.39, 0.29) is 10.6 Å². The Balaban J connectivity index is 1.85. The van der Waals surface area contributed by atoms with Crippen molar-refractivity contribution >= 4 is 11.4 Å². The molecule has 1 N–H and O–H groups in total. The van der Waals surface area contributed by atoms with Crippen LogP contribution in [-0.2, 0) is 13.1 Å². The van der Waals surface area contributed by atoms with Gasteiger partial charge < -0.3 is 10.2 Å². The highest BCUT2D eigenvalue weighted by Gasteiger charge is 2.18. The highest BCUT2D eigenvalue weighted by Crippen LogP contribution is 2.25. The fourth-order valence-electron chi connectivity index (χ4n) is 2.84. The van der Waals surface area contributed by atoms with Crippen LogP contribution in [0.2, 0.25) is 0 Å². The van der Waals surface area contributed by atoms with Gasteiger partial charge in [-0.25, -0.2) is 0 Å². The number of rotatable bonds is 3. The molecule has 0 radical (unpaired) electrons. The van der Waals surface area contributed by atoms with Crippen LogP contribution < -0.4 is 10.2 Å². The summed E-state index contributed by atoms with van der Waals surface area (Å²) >= 11 is 0. The molecule has 5 heteroatoms. The average Bonchev–Trinajstić information content (AvgIpc) is 2.68. The topological polar surface area (TPSA) is 58.4 Å². The first-order chi connectivity index (χ1) is 10.6. The van der Waals surface area contributed by atoms with Gasteiger partial charge in [-0.15, -0.1) is 0 Å². The molecule has 0 spiro atoms. The summed E-state index contributed by atoms with van der Waals surface area (Å²) in [5.41, 5.74) is 3.73. The summed E-state index contributed by atoms with van der Waals surface area (Å²) in [5, 5.41) is 14.3. The summed E-state index contributed by atoms with van der Waals surface area (Å²) in [5.74, 6) is 0. The minimum atomic E-state index is -0.364. The van der Waals surface area contributed by atoms with Gasteiger partial charge in [0.1, 0.15) is 0 Å². The van der Waals surface area contributed by atoms with Gasteiger partial charge in [-0.1, -0.05) is 30.3 Å². The lowest BCUT2D eigenvalue weighted by molar-refractivity contribution is -0.384. The van der Waals surface area contributed by atoms with Crippen LogP contribution in [-0.4, -0.2) is 17.5 Å². The summed E-state index contributed by atoms with van der Waals surface area (Å²) in [4.78, 5) is 12.7. The van der Waals surface area contributed by atoms with E-state index in [0.29, 0.717) is 6.04 Å². The van der Waals surface area contributed by atoms with Crippen molar-refractivity contribution in [3.8, 4) is 0 Å². The van der Waals surface area contributed by atoms with Crippen molar-refractivity contribution in [2.45, 2.75) is 26.1 Å². The van der Waals surface area contributed by atoms with Crippen LogP contribution in [0.3, 0.4) is 0 Å². The van der Waals surface area contributed by atoms with Gasteiger partial charge in [0.05, 0.1) is 4.92 Å². The van der Waals surface area contributed by atoms with Crippen molar-refractivity contribution in [1.82, 2.24) is 5.32 Å². The number of para-hydroxylation sites is 1. The van der Waals surface area contributed by atoms with Crippen LogP contribution in [0.4, 0.5) is 11.4 Å². The Morgan fingerprint density at radius 1 is 1.23 bits per heavy atom. The van der Waals surface area contributed by atoms with E-state index in [1.54, 1.807) is 12.1 Å². The highest BCUT2D eigenvalue weighted by molar-refractivity contribution is 5.55. The summed E-state index contributed by atoms with van der Waals surface area (Å²) in [7, 11) is 0. The normalized spacial score (nSPS) is 17.7. The monoisotopic (exact) mass is 297 g/mol. The molecule has 0 saturated carbocycles. The second kappa shape index (κ2) is 6.15. The van der Waals surface area contributed by atoms with E-state index in [0.717, 1.165) is 25.2 Å². The predicted octanol–water partition coefficient (Wildman–Crippen LogP) is 3.09. The molecule has 0 amide bonds. The van der Waals surface area contributed by atoms with E-state index < -0.39 is 0 Å². The van der Waals surface area contributed by atoms with Crippen molar-refractivity contribution in [3.05, 3.63) is 69.8 Å². The number of benzene rings is 2. The fraction of sp³-hybridized carbons (Fsp3) is 0.294. The third-order valence-electron chi connectivity index (χ3n) is 3.99. The molecule has 0 fully saturated rings. The molecule has 1 atom stereocenters. The Kier molecular flexibility index (Phi) is 4.06. The number of nitro groups is 1. The maximum atomic E-state index is 10.7. The molecule has 1 unspecified atom stereocenters. The number of hydrogen-bond donors (Lipinski definition) is 1. The van der Waals surface area contributed by atoms with Crippen LogP contribution in [0.1, 0.15) is 18.1 Å². The molecule has 2 aromatic carbocycles. The average molecular weight is 297 g/mol. The number of hydrogen-bond acceptors (Lipinski definition) is 4. The van der Waals surface area contributed by atoms with Gasteiger partial charge in [0.25, 0.3) is 5.69 Å². The first-order valence-electron chi connectivity index (χ1n) is 7.43. The number of nitrogens with zero attached hydrogens (tertiary/aromatic N) is 2. The van der Waals surface area contributed by atoms with Gasteiger partial charge in [0.2, 0.25) is 0 Å². The summed E-state index contributed by atoms with van der Waals surface area (Å²) in [6.07, 6.45) is 0. The number of anilines is 1. The van der Waals surface area contributed by atoms with Crippen LogP contribution in [0.15, 0.2) is 48.5 Å². The summed E-state index contributed by atoms with van der Waals surface area (Å²) in [6.45, 7) is 4.71.